The molecule has 0 amide bonds. The molecule has 0 fully saturated rings. The predicted octanol–water partition coefficient (Wildman–Crippen LogP) is 3.45. The summed E-state index contributed by atoms with van der Waals surface area (Å²) in [6.45, 7) is 0. The first kappa shape index (κ1) is 7.04. The topological polar surface area (TPSA) is 12.9 Å². The van der Waals surface area contributed by atoms with Gasteiger partial charge in [-0.05, 0) is 28.4 Å². The summed E-state index contributed by atoms with van der Waals surface area (Å²) >= 11 is 1.55. The standard InChI is InChI=1S/C11H7NS/c1-2-4-9-8(3-1)5-6-11-10(9)7-12-13-11/h1-7H. The van der Waals surface area contributed by atoms with Crippen molar-refractivity contribution in [3.63, 3.8) is 0 Å². The minimum absolute atomic E-state index is 1.26. The molecule has 0 saturated heterocycles. The summed E-state index contributed by atoms with van der Waals surface area (Å²) in [4.78, 5) is 0. The highest BCUT2D eigenvalue weighted by atomic mass is 32.1. The lowest BCUT2D eigenvalue weighted by atomic mass is 10.1. The lowest BCUT2D eigenvalue weighted by Gasteiger charge is -1.96. The van der Waals surface area contributed by atoms with E-state index in [1.807, 2.05) is 6.20 Å². The van der Waals surface area contributed by atoms with Crippen LogP contribution in [0.4, 0.5) is 0 Å². The average molecular weight is 185 g/mol. The van der Waals surface area contributed by atoms with Crippen molar-refractivity contribution in [2.24, 2.45) is 0 Å². The van der Waals surface area contributed by atoms with Gasteiger partial charge in [0.05, 0.1) is 4.70 Å². The zero-order chi connectivity index (χ0) is 8.67. The number of hydrogen-bond donors (Lipinski definition) is 0. The monoisotopic (exact) mass is 185 g/mol. The molecule has 0 aliphatic carbocycles. The van der Waals surface area contributed by atoms with Gasteiger partial charge in [-0.3, -0.25) is 0 Å². The Bertz CT molecular complexity index is 568. The number of nitrogens with zero attached hydrogens (tertiary/aromatic N) is 1. The van der Waals surface area contributed by atoms with Gasteiger partial charge in [0.25, 0.3) is 0 Å². The van der Waals surface area contributed by atoms with E-state index in [1.54, 1.807) is 11.5 Å². The molecule has 0 atom stereocenters. The van der Waals surface area contributed by atoms with Crippen LogP contribution in [0.25, 0.3) is 20.9 Å². The molecule has 0 aliphatic heterocycles. The minimum Gasteiger partial charge on any atom is -0.200 e. The first-order valence-corrected chi connectivity index (χ1v) is 4.95. The van der Waals surface area contributed by atoms with Gasteiger partial charge in [0.15, 0.2) is 0 Å². The summed E-state index contributed by atoms with van der Waals surface area (Å²) in [6.07, 6.45) is 1.95. The summed E-state index contributed by atoms with van der Waals surface area (Å²) < 4.78 is 5.46. The van der Waals surface area contributed by atoms with Crippen molar-refractivity contribution in [2.75, 3.05) is 0 Å². The minimum atomic E-state index is 1.26. The Hall–Kier alpha value is -1.41. The van der Waals surface area contributed by atoms with Crippen molar-refractivity contribution >= 4 is 32.4 Å². The van der Waals surface area contributed by atoms with Gasteiger partial charge in [0.2, 0.25) is 0 Å². The van der Waals surface area contributed by atoms with E-state index in [9.17, 15) is 0 Å². The quantitative estimate of drug-likeness (QED) is 0.522. The Morgan fingerprint density at radius 1 is 0.923 bits per heavy atom. The van der Waals surface area contributed by atoms with Gasteiger partial charge in [-0.15, -0.1) is 0 Å². The van der Waals surface area contributed by atoms with Gasteiger partial charge in [-0.1, -0.05) is 30.3 Å². The normalized spacial score (nSPS) is 11.1. The lowest BCUT2D eigenvalue weighted by Crippen LogP contribution is -1.70. The maximum Gasteiger partial charge on any atom is 0.0556 e. The van der Waals surface area contributed by atoms with Crippen molar-refractivity contribution in [3.8, 4) is 0 Å². The number of aromatic nitrogens is 1. The first-order chi connectivity index (χ1) is 6.45. The summed E-state index contributed by atoms with van der Waals surface area (Å²) in [5.41, 5.74) is 0. The Balaban J connectivity index is 2.65. The van der Waals surface area contributed by atoms with Crippen LogP contribution in [-0.2, 0) is 0 Å². The van der Waals surface area contributed by atoms with E-state index in [0.29, 0.717) is 0 Å². The van der Waals surface area contributed by atoms with Crippen LogP contribution in [0, 0.1) is 0 Å². The molecule has 0 aliphatic rings. The van der Waals surface area contributed by atoms with Crippen molar-refractivity contribution in [2.45, 2.75) is 0 Å². The highest BCUT2D eigenvalue weighted by molar-refractivity contribution is 7.13. The van der Waals surface area contributed by atoms with E-state index in [2.05, 4.69) is 40.8 Å². The fourth-order valence-corrected chi connectivity index (χ4v) is 2.29. The van der Waals surface area contributed by atoms with E-state index < -0.39 is 0 Å². The lowest BCUT2D eigenvalue weighted by molar-refractivity contribution is 1.61. The molecular weight excluding hydrogens is 178 g/mol. The second kappa shape index (κ2) is 2.54. The van der Waals surface area contributed by atoms with Crippen molar-refractivity contribution in [1.82, 2.24) is 4.37 Å². The second-order valence-corrected chi connectivity index (χ2v) is 3.86. The Morgan fingerprint density at radius 2 is 1.85 bits per heavy atom. The SMILES string of the molecule is c1ccc2c(c1)ccc1sncc12. The summed E-state index contributed by atoms with van der Waals surface area (Å²) in [5.74, 6) is 0. The van der Waals surface area contributed by atoms with Crippen LogP contribution in [0.5, 0.6) is 0 Å². The van der Waals surface area contributed by atoms with Gasteiger partial charge in [-0.2, -0.15) is 4.37 Å². The molecule has 3 aromatic rings. The zero-order valence-corrected chi connectivity index (χ0v) is 7.71. The number of hydrogen-bond acceptors (Lipinski definition) is 2. The summed E-state index contributed by atoms with van der Waals surface area (Å²) in [5, 5.41) is 3.85. The van der Waals surface area contributed by atoms with Crippen LogP contribution in [0.2, 0.25) is 0 Å². The molecule has 2 aromatic carbocycles. The van der Waals surface area contributed by atoms with Crippen LogP contribution >= 0.6 is 11.5 Å². The van der Waals surface area contributed by atoms with E-state index in [-0.39, 0.29) is 0 Å². The summed E-state index contributed by atoms with van der Waals surface area (Å²) in [7, 11) is 0. The molecule has 62 valence electrons. The maximum absolute atomic E-state index is 4.19. The Labute approximate surface area is 79.8 Å². The highest BCUT2D eigenvalue weighted by Gasteiger charge is 2.00. The molecule has 13 heavy (non-hydrogen) atoms. The molecule has 3 rings (SSSR count). The van der Waals surface area contributed by atoms with Crippen LogP contribution in [-0.4, -0.2) is 4.37 Å². The van der Waals surface area contributed by atoms with Crippen LogP contribution in [0.1, 0.15) is 0 Å². The van der Waals surface area contributed by atoms with Crippen molar-refractivity contribution in [1.29, 1.82) is 0 Å². The average Bonchev–Trinajstić information content (AvgIpc) is 2.65. The molecule has 0 unspecified atom stereocenters. The fraction of sp³-hybridized carbons (Fsp3) is 0. The van der Waals surface area contributed by atoms with Crippen LogP contribution in [0.3, 0.4) is 0 Å². The third kappa shape index (κ3) is 0.956. The largest absolute Gasteiger partial charge is 0.200 e. The number of rotatable bonds is 0. The molecule has 0 bridgehead atoms. The van der Waals surface area contributed by atoms with Gasteiger partial charge in [-0.25, -0.2) is 0 Å². The third-order valence-electron chi connectivity index (χ3n) is 2.26. The molecule has 1 nitrogen and oxygen atoms in total. The smallest absolute Gasteiger partial charge is 0.0556 e. The molecule has 1 aromatic heterocycles. The van der Waals surface area contributed by atoms with E-state index in [1.165, 1.54) is 20.9 Å². The van der Waals surface area contributed by atoms with E-state index in [0.717, 1.165) is 0 Å². The van der Waals surface area contributed by atoms with Crippen LogP contribution < -0.4 is 0 Å². The third-order valence-corrected chi connectivity index (χ3v) is 3.03. The Morgan fingerprint density at radius 3 is 2.85 bits per heavy atom. The maximum atomic E-state index is 4.19. The van der Waals surface area contributed by atoms with Gasteiger partial charge in [0.1, 0.15) is 0 Å². The number of fused-ring (bicyclic) bond motifs is 3. The molecule has 0 spiro atoms. The first-order valence-electron chi connectivity index (χ1n) is 4.17. The van der Waals surface area contributed by atoms with Crippen molar-refractivity contribution < 1.29 is 0 Å². The fourth-order valence-electron chi connectivity index (χ4n) is 1.62. The molecule has 0 N–H and O–H groups in total. The molecule has 1 heterocycles. The zero-order valence-electron chi connectivity index (χ0n) is 6.90. The molecular formula is C11H7NS. The Kier molecular flexibility index (Phi) is 1.37. The van der Waals surface area contributed by atoms with E-state index >= 15 is 0 Å². The van der Waals surface area contributed by atoms with Gasteiger partial charge in [0, 0.05) is 11.6 Å². The second-order valence-electron chi connectivity index (χ2n) is 3.02. The van der Waals surface area contributed by atoms with E-state index in [4.69, 9.17) is 0 Å². The van der Waals surface area contributed by atoms with Gasteiger partial charge < -0.3 is 0 Å². The van der Waals surface area contributed by atoms with Crippen molar-refractivity contribution in [3.05, 3.63) is 42.6 Å². The molecule has 0 radical (unpaired) electrons. The predicted molar refractivity (Wildman–Crippen MR) is 57.1 cm³/mol. The van der Waals surface area contributed by atoms with Gasteiger partial charge >= 0.3 is 0 Å². The molecule has 0 saturated carbocycles. The summed E-state index contributed by atoms with van der Waals surface area (Å²) in [6, 6.07) is 12.7. The highest BCUT2D eigenvalue weighted by Crippen LogP contribution is 2.26. The van der Waals surface area contributed by atoms with Crippen LogP contribution in [0.15, 0.2) is 42.6 Å². The molecule has 2 heteroatoms. The number of benzene rings is 2.